The molecule has 1 nitrogen and oxygen atoms in total. The first kappa shape index (κ1) is 8.54. The Balaban J connectivity index is 2.86. The first-order chi connectivity index (χ1) is 4.41. The molecule has 0 amide bonds. The van der Waals surface area contributed by atoms with E-state index in [-0.39, 0.29) is 0 Å². The standard InChI is InChI=1S/C8H17N/c1-3-5-6-7-8-9-4-2/h7-9H,3-6H2,1-2H3. The van der Waals surface area contributed by atoms with E-state index in [1.165, 1.54) is 19.3 Å². The minimum atomic E-state index is 1.03. The molecule has 0 atom stereocenters. The van der Waals surface area contributed by atoms with Gasteiger partial charge < -0.3 is 5.32 Å². The summed E-state index contributed by atoms with van der Waals surface area (Å²) in [6.45, 7) is 5.34. The van der Waals surface area contributed by atoms with Crippen molar-refractivity contribution in [2.45, 2.75) is 33.1 Å². The number of allylic oxidation sites excluding steroid dienone is 1. The van der Waals surface area contributed by atoms with Crippen molar-refractivity contribution in [1.29, 1.82) is 0 Å². The zero-order valence-electron chi connectivity index (χ0n) is 6.48. The highest BCUT2D eigenvalue weighted by atomic mass is 14.8. The molecule has 0 aliphatic rings. The topological polar surface area (TPSA) is 12.0 Å². The molecule has 0 spiro atoms. The first-order valence-electron chi connectivity index (χ1n) is 3.80. The number of rotatable bonds is 5. The second-order valence-corrected chi connectivity index (χ2v) is 2.10. The molecule has 0 aromatic heterocycles. The Labute approximate surface area is 58.2 Å². The van der Waals surface area contributed by atoms with Gasteiger partial charge in [0, 0.05) is 6.54 Å². The third-order valence-corrected chi connectivity index (χ3v) is 1.16. The van der Waals surface area contributed by atoms with E-state index in [0.717, 1.165) is 6.54 Å². The first-order valence-corrected chi connectivity index (χ1v) is 3.80. The van der Waals surface area contributed by atoms with Gasteiger partial charge in [-0.2, -0.15) is 0 Å². The van der Waals surface area contributed by atoms with E-state index < -0.39 is 0 Å². The zero-order valence-corrected chi connectivity index (χ0v) is 6.48. The molecule has 0 saturated heterocycles. The fourth-order valence-corrected chi connectivity index (χ4v) is 0.606. The van der Waals surface area contributed by atoms with Crippen LogP contribution in [0.3, 0.4) is 0 Å². The highest BCUT2D eigenvalue weighted by Crippen LogP contribution is 1.93. The molecule has 0 fully saturated rings. The van der Waals surface area contributed by atoms with Gasteiger partial charge in [-0.15, -0.1) is 0 Å². The van der Waals surface area contributed by atoms with Crippen LogP contribution in [0.25, 0.3) is 0 Å². The number of unbranched alkanes of at least 4 members (excludes halogenated alkanes) is 2. The van der Waals surface area contributed by atoms with Crippen LogP contribution in [0.2, 0.25) is 0 Å². The molecular weight excluding hydrogens is 110 g/mol. The monoisotopic (exact) mass is 127 g/mol. The fourth-order valence-electron chi connectivity index (χ4n) is 0.606. The largest absolute Gasteiger partial charge is 0.391 e. The van der Waals surface area contributed by atoms with Crippen LogP contribution in [0.5, 0.6) is 0 Å². The van der Waals surface area contributed by atoms with E-state index in [0.29, 0.717) is 0 Å². The summed E-state index contributed by atoms with van der Waals surface area (Å²) in [5, 5.41) is 3.13. The van der Waals surface area contributed by atoms with E-state index in [1.54, 1.807) is 0 Å². The summed E-state index contributed by atoms with van der Waals surface area (Å²) in [7, 11) is 0. The predicted molar refractivity (Wildman–Crippen MR) is 42.3 cm³/mol. The Morgan fingerprint density at radius 1 is 1.33 bits per heavy atom. The van der Waals surface area contributed by atoms with Crippen molar-refractivity contribution < 1.29 is 0 Å². The molecule has 54 valence electrons. The third-order valence-electron chi connectivity index (χ3n) is 1.16. The Hall–Kier alpha value is -0.460. The van der Waals surface area contributed by atoms with Crippen molar-refractivity contribution in [1.82, 2.24) is 5.32 Å². The van der Waals surface area contributed by atoms with Gasteiger partial charge in [0.2, 0.25) is 0 Å². The van der Waals surface area contributed by atoms with Crippen molar-refractivity contribution in [3.8, 4) is 0 Å². The maximum Gasteiger partial charge on any atom is 0.0112 e. The van der Waals surface area contributed by atoms with Crippen LogP contribution in [0.15, 0.2) is 12.3 Å². The van der Waals surface area contributed by atoms with Gasteiger partial charge in [-0.1, -0.05) is 25.8 Å². The molecule has 0 aliphatic heterocycles. The second kappa shape index (κ2) is 7.54. The molecule has 9 heavy (non-hydrogen) atoms. The van der Waals surface area contributed by atoms with E-state index in [4.69, 9.17) is 0 Å². The van der Waals surface area contributed by atoms with E-state index in [1.807, 2.05) is 6.20 Å². The molecule has 0 aliphatic carbocycles. The molecule has 0 aromatic rings. The summed E-state index contributed by atoms with van der Waals surface area (Å²) in [6.07, 6.45) is 8.03. The lowest BCUT2D eigenvalue weighted by Crippen LogP contribution is -2.00. The summed E-state index contributed by atoms with van der Waals surface area (Å²) in [5.41, 5.74) is 0. The molecule has 1 heteroatoms. The molecule has 0 rings (SSSR count). The van der Waals surface area contributed by atoms with Gasteiger partial charge in [-0.25, -0.2) is 0 Å². The maximum atomic E-state index is 3.13. The Kier molecular flexibility index (Phi) is 7.15. The van der Waals surface area contributed by atoms with Crippen molar-refractivity contribution in [3.05, 3.63) is 12.3 Å². The second-order valence-electron chi connectivity index (χ2n) is 2.10. The van der Waals surface area contributed by atoms with Crippen LogP contribution in [0.1, 0.15) is 33.1 Å². The van der Waals surface area contributed by atoms with Crippen LogP contribution in [-0.2, 0) is 0 Å². The summed E-state index contributed by atoms with van der Waals surface area (Å²) in [5.74, 6) is 0. The summed E-state index contributed by atoms with van der Waals surface area (Å²) in [6, 6.07) is 0. The maximum absolute atomic E-state index is 3.13. The van der Waals surface area contributed by atoms with Crippen molar-refractivity contribution in [2.75, 3.05) is 6.54 Å². The van der Waals surface area contributed by atoms with Crippen LogP contribution in [0, 0.1) is 0 Å². The lowest BCUT2D eigenvalue weighted by molar-refractivity contribution is 0.806. The number of hydrogen-bond acceptors (Lipinski definition) is 1. The highest BCUT2D eigenvalue weighted by molar-refractivity contribution is 4.78. The van der Waals surface area contributed by atoms with E-state index in [2.05, 4.69) is 25.2 Å². The minimum absolute atomic E-state index is 1.03. The van der Waals surface area contributed by atoms with Crippen molar-refractivity contribution in [3.63, 3.8) is 0 Å². The molecule has 0 radical (unpaired) electrons. The normalized spacial score (nSPS) is 10.4. The van der Waals surface area contributed by atoms with Crippen LogP contribution >= 0.6 is 0 Å². The summed E-state index contributed by atoms with van der Waals surface area (Å²) in [4.78, 5) is 0. The average Bonchev–Trinajstić information content (AvgIpc) is 1.89. The lowest BCUT2D eigenvalue weighted by atomic mass is 10.2. The van der Waals surface area contributed by atoms with E-state index >= 15 is 0 Å². The Morgan fingerprint density at radius 3 is 2.67 bits per heavy atom. The van der Waals surface area contributed by atoms with Crippen molar-refractivity contribution >= 4 is 0 Å². The van der Waals surface area contributed by atoms with Gasteiger partial charge in [0.15, 0.2) is 0 Å². The van der Waals surface area contributed by atoms with Crippen LogP contribution in [0.4, 0.5) is 0 Å². The van der Waals surface area contributed by atoms with Gasteiger partial charge in [-0.05, 0) is 19.5 Å². The molecule has 1 N–H and O–H groups in total. The number of hydrogen-bond donors (Lipinski definition) is 1. The third kappa shape index (κ3) is 7.54. The molecular formula is C8H17N. The fraction of sp³-hybridized carbons (Fsp3) is 0.750. The van der Waals surface area contributed by atoms with Crippen LogP contribution in [-0.4, -0.2) is 6.54 Å². The smallest absolute Gasteiger partial charge is 0.0112 e. The Morgan fingerprint density at radius 2 is 2.11 bits per heavy atom. The average molecular weight is 127 g/mol. The molecule has 0 unspecified atom stereocenters. The van der Waals surface area contributed by atoms with Gasteiger partial charge in [0.25, 0.3) is 0 Å². The molecule has 0 heterocycles. The van der Waals surface area contributed by atoms with Crippen molar-refractivity contribution in [2.24, 2.45) is 0 Å². The van der Waals surface area contributed by atoms with Gasteiger partial charge >= 0.3 is 0 Å². The molecule has 0 aromatic carbocycles. The summed E-state index contributed by atoms with van der Waals surface area (Å²) >= 11 is 0. The Bertz CT molecular complexity index is 67.0. The van der Waals surface area contributed by atoms with Gasteiger partial charge in [0.05, 0.1) is 0 Å². The quantitative estimate of drug-likeness (QED) is 0.559. The van der Waals surface area contributed by atoms with Gasteiger partial charge in [-0.3, -0.25) is 0 Å². The van der Waals surface area contributed by atoms with Gasteiger partial charge in [0.1, 0.15) is 0 Å². The SMILES string of the molecule is CCCCC=CNCC. The molecule has 0 bridgehead atoms. The zero-order chi connectivity index (χ0) is 6.95. The van der Waals surface area contributed by atoms with Crippen LogP contribution < -0.4 is 5.32 Å². The summed E-state index contributed by atoms with van der Waals surface area (Å²) < 4.78 is 0. The van der Waals surface area contributed by atoms with E-state index in [9.17, 15) is 0 Å². The lowest BCUT2D eigenvalue weighted by Gasteiger charge is -1.91. The highest BCUT2D eigenvalue weighted by Gasteiger charge is 1.75. The predicted octanol–water partition coefficient (Wildman–Crippen LogP) is 2.30. The number of nitrogens with one attached hydrogen (secondary N) is 1. The minimum Gasteiger partial charge on any atom is -0.391 e. The molecule has 0 saturated carbocycles.